The van der Waals surface area contributed by atoms with E-state index in [0.717, 1.165) is 5.56 Å². The highest BCUT2D eigenvalue weighted by Crippen LogP contribution is 2.17. The summed E-state index contributed by atoms with van der Waals surface area (Å²) < 4.78 is 0. The molecule has 0 aliphatic carbocycles. The summed E-state index contributed by atoms with van der Waals surface area (Å²) >= 11 is 0. The molecular weight excluding hydrogens is 192 g/mol. The van der Waals surface area contributed by atoms with Crippen LogP contribution in [0.3, 0.4) is 0 Å². The van der Waals surface area contributed by atoms with E-state index in [-0.39, 0.29) is 11.1 Å². The fourth-order valence-electron chi connectivity index (χ4n) is 1.22. The Morgan fingerprint density at radius 2 is 2.07 bits per heavy atom. The van der Waals surface area contributed by atoms with Crippen molar-refractivity contribution in [3.8, 4) is 17.3 Å². The number of aromatic nitrogens is 3. The van der Waals surface area contributed by atoms with Crippen LogP contribution in [-0.4, -0.2) is 15.2 Å². The van der Waals surface area contributed by atoms with Gasteiger partial charge in [-0.3, -0.25) is 9.78 Å². The third kappa shape index (κ3) is 1.74. The molecule has 2 aromatic heterocycles. The lowest BCUT2D eigenvalue weighted by atomic mass is 10.1. The average molecular weight is 198 g/mol. The Morgan fingerprint density at radius 1 is 1.33 bits per heavy atom. The number of pyridine rings is 1. The van der Waals surface area contributed by atoms with E-state index in [1.54, 1.807) is 24.5 Å². The van der Waals surface area contributed by atoms with Gasteiger partial charge in [-0.25, -0.2) is 5.10 Å². The van der Waals surface area contributed by atoms with Gasteiger partial charge in [0.1, 0.15) is 11.8 Å². The van der Waals surface area contributed by atoms with E-state index >= 15 is 0 Å². The van der Waals surface area contributed by atoms with Crippen LogP contribution in [0.2, 0.25) is 0 Å². The van der Waals surface area contributed by atoms with Crippen LogP contribution >= 0.6 is 0 Å². The number of rotatable bonds is 1. The lowest BCUT2D eigenvalue weighted by Gasteiger charge is -2.00. The fourth-order valence-corrected chi connectivity index (χ4v) is 1.22. The van der Waals surface area contributed by atoms with Crippen molar-refractivity contribution >= 4 is 0 Å². The molecule has 0 radical (unpaired) electrons. The molecule has 0 saturated heterocycles. The van der Waals surface area contributed by atoms with E-state index in [2.05, 4.69) is 15.2 Å². The predicted molar refractivity (Wildman–Crippen MR) is 52.8 cm³/mol. The van der Waals surface area contributed by atoms with Gasteiger partial charge in [0.05, 0.1) is 5.56 Å². The van der Waals surface area contributed by atoms with Gasteiger partial charge in [-0.05, 0) is 12.1 Å². The Bertz CT molecular complexity index is 568. The Labute approximate surface area is 85.0 Å². The maximum atomic E-state index is 11.0. The number of aromatic amines is 1. The molecule has 0 aliphatic rings. The van der Waals surface area contributed by atoms with E-state index in [0.29, 0.717) is 5.69 Å². The summed E-state index contributed by atoms with van der Waals surface area (Å²) in [5, 5.41) is 15.0. The first-order valence-corrected chi connectivity index (χ1v) is 4.21. The van der Waals surface area contributed by atoms with Crippen LogP contribution in [0.25, 0.3) is 11.3 Å². The molecule has 0 bridgehead atoms. The van der Waals surface area contributed by atoms with Crippen LogP contribution in [0, 0.1) is 11.3 Å². The smallest absolute Gasteiger partial charge is 0.265 e. The zero-order chi connectivity index (χ0) is 10.7. The fraction of sp³-hybridized carbons (Fsp3) is 0. The Kier molecular flexibility index (Phi) is 2.25. The van der Waals surface area contributed by atoms with Crippen molar-refractivity contribution in [1.82, 2.24) is 15.2 Å². The van der Waals surface area contributed by atoms with Crippen molar-refractivity contribution in [2.45, 2.75) is 0 Å². The van der Waals surface area contributed by atoms with Crippen molar-refractivity contribution < 1.29 is 0 Å². The minimum atomic E-state index is -0.385. The van der Waals surface area contributed by atoms with Crippen LogP contribution in [0.5, 0.6) is 0 Å². The van der Waals surface area contributed by atoms with Gasteiger partial charge in [0.25, 0.3) is 5.56 Å². The van der Waals surface area contributed by atoms with E-state index in [9.17, 15) is 4.79 Å². The number of H-pyrrole nitrogens is 1. The van der Waals surface area contributed by atoms with Crippen LogP contribution in [-0.2, 0) is 0 Å². The second kappa shape index (κ2) is 3.72. The predicted octanol–water partition coefficient (Wildman–Crippen LogP) is 0.704. The molecule has 0 spiro atoms. The molecule has 0 unspecified atom stereocenters. The zero-order valence-electron chi connectivity index (χ0n) is 7.64. The molecule has 0 aliphatic heterocycles. The third-order valence-electron chi connectivity index (χ3n) is 1.88. The summed E-state index contributed by atoms with van der Waals surface area (Å²) in [5.74, 6) is 0. The molecular formula is C10H6N4O. The minimum absolute atomic E-state index is 0.255. The Morgan fingerprint density at radius 3 is 2.73 bits per heavy atom. The lowest BCUT2D eigenvalue weighted by Crippen LogP contribution is -2.08. The van der Waals surface area contributed by atoms with Crippen LogP contribution in [0.1, 0.15) is 5.56 Å². The number of nitrogens with one attached hydrogen (secondary N) is 1. The van der Waals surface area contributed by atoms with Gasteiger partial charge < -0.3 is 0 Å². The quantitative estimate of drug-likeness (QED) is 0.731. The maximum Gasteiger partial charge on any atom is 0.265 e. The van der Waals surface area contributed by atoms with Crippen molar-refractivity contribution in [2.24, 2.45) is 0 Å². The van der Waals surface area contributed by atoms with E-state index in [1.807, 2.05) is 6.07 Å². The Hall–Kier alpha value is -2.48. The van der Waals surface area contributed by atoms with Gasteiger partial charge in [-0.1, -0.05) is 0 Å². The van der Waals surface area contributed by atoms with Gasteiger partial charge >= 0.3 is 0 Å². The maximum absolute atomic E-state index is 11.0. The second-order valence-corrected chi connectivity index (χ2v) is 2.84. The van der Waals surface area contributed by atoms with Gasteiger partial charge in [-0.15, -0.1) is 0 Å². The van der Waals surface area contributed by atoms with Gasteiger partial charge in [0, 0.05) is 24.0 Å². The number of hydrogen-bond donors (Lipinski definition) is 1. The summed E-state index contributed by atoms with van der Waals surface area (Å²) in [7, 11) is 0. The van der Waals surface area contributed by atoms with E-state index in [1.165, 1.54) is 6.07 Å². The van der Waals surface area contributed by atoms with Crippen LogP contribution in [0.15, 0.2) is 35.4 Å². The molecule has 2 aromatic rings. The molecule has 15 heavy (non-hydrogen) atoms. The SMILES string of the molecule is N#Cc1cc(=O)[nH]nc1-c1ccncc1. The molecule has 2 rings (SSSR count). The molecule has 2 heterocycles. The van der Waals surface area contributed by atoms with Gasteiger partial charge in [-0.2, -0.15) is 10.4 Å². The first-order chi connectivity index (χ1) is 7.31. The standard InChI is InChI=1S/C10H6N4O/c11-6-8-5-9(15)13-14-10(8)7-1-3-12-4-2-7/h1-5H,(H,13,15). The van der Waals surface area contributed by atoms with Crippen molar-refractivity contribution in [2.75, 3.05) is 0 Å². The largest absolute Gasteiger partial charge is 0.268 e. The number of hydrogen-bond acceptors (Lipinski definition) is 4. The first kappa shape index (κ1) is 9.09. The van der Waals surface area contributed by atoms with Crippen LogP contribution < -0.4 is 5.56 Å². The highest BCUT2D eigenvalue weighted by atomic mass is 16.1. The molecule has 0 amide bonds. The molecule has 0 aromatic carbocycles. The zero-order valence-corrected chi connectivity index (χ0v) is 7.64. The normalized spacial score (nSPS) is 9.53. The van der Waals surface area contributed by atoms with E-state index in [4.69, 9.17) is 5.26 Å². The van der Waals surface area contributed by atoms with Crippen molar-refractivity contribution in [3.63, 3.8) is 0 Å². The molecule has 5 nitrogen and oxygen atoms in total. The van der Waals surface area contributed by atoms with Gasteiger partial charge in [0.2, 0.25) is 0 Å². The second-order valence-electron chi connectivity index (χ2n) is 2.84. The highest BCUT2D eigenvalue weighted by Gasteiger charge is 2.06. The molecule has 1 N–H and O–H groups in total. The molecule has 0 saturated carbocycles. The summed E-state index contributed by atoms with van der Waals surface area (Å²) in [5.41, 5.74) is 1.08. The number of nitriles is 1. The van der Waals surface area contributed by atoms with E-state index < -0.39 is 0 Å². The summed E-state index contributed by atoms with van der Waals surface area (Å²) in [6, 6.07) is 6.60. The Balaban J connectivity index is 2.65. The molecule has 0 atom stereocenters. The molecule has 72 valence electrons. The average Bonchev–Trinajstić information content (AvgIpc) is 2.30. The summed E-state index contributed by atoms with van der Waals surface area (Å²) in [6.07, 6.45) is 3.20. The summed E-state index contributed by atoms with van der Waals surface area (Å²) in [4.78, 5) is 14.8. The molecule has 5 heteroatoms. The topological polar surface area (TPSA) is 82.4 Å². The monoisotopic (exact) mass is 198 g/mol. The molecule has 0 fully saturated rings. The minimum Gasteiger partial charge on any atom is -0.268 e. The first-order valence-electron chi connectivity index (χ1n) is 4.21. The summed E-state index contributed by atoms with van der Waals surface area (Å²) in [6.45, 7) is 0. The van der Waals surface area contributed by atoms with Gasteiger partial charge in [0.15, 0.2) is 0 Å². The lowest BCUT2D eigenvalue weighted by molar-refractivity contribution is 0.989. The van der Waals surface area contributed by atoms with Crippen molar-refractivity contribution in [3.05, 3.63) is 46.5 Å². The highest BCUT2D eigenvalue weighted by molar-refractivity contribution is 5.64. The number of nitrogens with zero attached hydrogens (tertiary/aromatic N) is 3. The van der Waals surface area contributed by atoms with Crippen molar-refractivity contribution in [1.29, 1.82) is 5.26 Å². The van der Waals surface area contributed by atoms with Crippen LogP contribution in [0.4, 0.5) is 0 Å². The third-order valence-corrected chi connectivity index (χ3v) is 1.88.